The van der Waals surface area contributed by atoms with Crippen molar-refractivity contribution in [3.8, 4) is 0 Å². The van der Waals surface area contributed by atoms with Crippen LogP contribution in [-0.4, -0.2) is 54.9 Å². The van der Waals surface area contributed by atoms with Gasteiger partial charge in [-0.25, -0.2) is 0 Å². The largest absolute Gasteiger partial charge is 0.463 e. The number of hydrogen-bond donors (Lipinski definition) is 4. The number of aliphatic hydroxyl groups excluding tert-OH is 1. The first-order valence-electron chi connectivity index (χ1n) is 11.2. The summed E-state index contributed by atoms with van der Waals surface area (Å²) in [7, 11) is 0. The average molecular weight is 431 g/mol. The molecule has 9 nitrogen and oxygen atoms in total. The number of nitrogens with zero attached hydrogens (tertiary/aromatic N) is 1. The van der Waals surface area contributed by atoms with E-state index in [-0.39, 0.29) is 25.1 Å². The van der Waals surface area contributed by atoms with E-state index < -0.39 is 18.1 Å². The third kappa shape index (κ3) is 18.2. The summed E-state index contributed by atoms with van der Waals surface area (Å²) in [6.45, 7) is 2.11. The molecule has 176 valence electrons. The lowest BCUT2D eigenvalue weighted by atomic mass is 10.1. The van der Waals surface area contributed by atoms with Gasteiger partial charge >= 0.3 is 11.9 Å². The summed E-state index contributed by atoms with van der Waals surface area (Å²) in [6.07, 6.45) is 10.7. The number of ether oxygens (including phenoxy) is 2. The highest BCUT2D eigenvalue weighted by atomic mass is 16.6. The molecule has 0 aromatic rings. The Morgan fingerprint density at radius 1 is 0.900 bits per heavy atom. The molecule has 0 bridgehead atoms. The van der Waals surface area contributed by atoms with Gasteiger partial charge in [-0.3, -0.25) is 14.6 Å². The van der Waals surface area contributed by atoms with E-state index >= 15 is 0 Å². The van der Waals surface area contributed by atoms with E-state index in [0.717, 1.165) is 19.3 Å². The molecule has 0 aliphatic rings. The average Bonchev–Trinajstić information content (AvgIpc) is 2.71. The highest BCUT2D eigenvalue weighted by Gasteiger charge is 2.17. The summed E-state index contributed by atoms with van der Waals surface area (Å²) in [4.78, 5) is 27.3. The second-order valence-corrected chi connectivity index (χ2v) is 7.60. The van der Waals surface area contributed by atoms with E-state index in [0.29, 0.717) is 25.8 Å². The third-order valence-electron chi connectivity index (χ3n) is 4.61. The van der Waals surface area contributed by atoms with Crippen LogP contribution in [0, 0.1) is 0 Å². The van der Waals surface area contributed by atoms with E-state index in [4.69, 9.17) is 26.7 Å². The van der Waals surface area contributed by atoms with Crippen molar-refractivity contribution in [2.45, 2.75) is 96.1 Å². The molecule has 9 heteroatoms. The van der Waals surface area contributed by atoms with Gasteiger partial charge in [-0.1, -0.05) is 58.3 Å². The molecule has 0 aliphatic heterocycles. The highest BCUT2D eigenvalue weighted by Crippen LogP contribution is 2.10. The van der Waals surface area contributed by atoms with E-state index in [9.17, 15) is 14.7 Å². The maximum Gasteiger partial charge on any atom is 0.323 e. The highest BCUT2D eigenvalue weighted by molar-refractivity contribution is 5.76. The van der Waals surface area contributed by atoms with Crippen molar-refractivity contribution >= 4 is 17.9 Å². The topological polar surface area (TPSA) is 163 Å². The van der Waals surface area contributed by atoms with Crippen LogP contribution in [0.25, 0.3) is 0 Å². The number of carbonyl (C=O) groups excluding carboxylic acids is 2. The van der Waals surface area contributed by atoms with Crippen molar-refractivity contribution in [3.63, 3.8) is 0 Å². The predicted molar refractivity (Wildman–Crippen MR) is 118 cm³/mol. The fourth-order valence-corrected chi connectivity index (χ4v) is 2.81. The van der Waals surface area contributed by atoms with E-state index in [1.807, 2.05) is 0 Å². The van der Waals surface area contributed by atoms with Crippen LogP contribution in [0.1, 0.15) is 84.0 Å². The van der Waals surface area contributed by atoms with E-state index in [1.54, 1.807) is 0 Å². The predicted octanol–water partition coefficient (Wildman–Crippen LogP) is 1.74. The van der Waals surface area contributed by atoms with Crippen LogP contribution in [0.4, 0.5) is 0 Å². The van der Waals surface area contributed by atoms with Crippen molar-refractivity contribution in [2.24, 2.45) is 22.2 Å². The number of unbranched alkanes of at least 4 members (excludes halogenated alkanes) is 8. The number of rotatable bonds is 19. The number of hydrogen-bond acceptors (Lipinski definition) is 7. The second-order valence-electron chi connectivity index (χ2n) is 7.60. The minimum Gasteiger partial charge on any atom is -0.463 e. The van der Waals surface area contributed by atoms with Gasteiger partial charge in [0.15, 0.2) is 5.96 Å². The minimum atomic E-state index is -1.07. The molecule has 0 heterocycles. The maximum absolute atomic E-state index is 11.8. The number of aliphatic hydroxyl groups is 1. The number of guanidine groups is 1. The Bertz CT molecular complexity index is 484. The van der Waals surface area contributed by atoms with Crippen LogP contribution in [0.15, 0.2) is 4.99 Å². The van der Waals surface area contributed by atoms with Gasteiger partial charge in [0, 0.05) is 13.0 Å². The molecule has 0 fully saturated rings. The standard InChI is InChI=1S/C21H42N4O5/c1-2-3-4-5-6-7-8-9-10-13-19(27)29-15-17(26)16-30-20(28)18(22)12-11-14-25-21(23)24/h17-18,26H,2-16,22H2,1H3,(H4,23,24,25). The summed E-state index contributed by atoms with van der Waals surface area (Å²) in [6, 6.07) is -0.819. The first-order valence-corrected chi connectivity index (χ1v) is 11.2. The number of esters is 2. The number of aliphatic imine (C=N–C) groups is 1. The quantitative estimate of drug-likeness (QED) is 0.104. The molecule has 2 atom stereocenters. The lowest BCUT2D eigenvalue weighted by Gasteiger charge is -2.14. The zero-order valence-corrected chi connectivity index (χ0v) is 18.5. The molecule has 0 rings (SSSR count). The molecule has 0 saturated heterocycles. The summed E-state index contributed by atoms with van der Waals surface area (Å²) < 4.78 is 9.97. The van der Waals surface area contributed by atoms with Crippen molar-refractivity contribution in [2.75, 3.05) is 19.8 Å². The SMILES string of the molecule is CCCCCCCCCCCC(=O)OCC(O)COC(=O)C(N)CCCN=C(N)N. The van der Waals surface area contributed by atoms with Crippen molar-refractivity contribution in [3.05, 3.63) is 0 Å². The van der Waals surface area contributed by atoms with Crippen LogP contribution in [0.2, 0.25) is 0 Å². The monoisotopic (exact) mass is 430 g/mol. The molecule has 0 aliphatic carbocycles. The van der Waals surface area contributed by atoms with E-state index in [2.05, 4.69) is 11.9 Å². The molecule has 30 heavy (non-hydrogen) atoms. The summed E-state index contributed by atoms with van der Waals surface area (Å²) in [5, 5.41) is 9.79. The molecule has 0 aromatic heterocycles. The molecule has 2 unspecified atom stereocenters. The molecule has 7 N–H and O–H groups in total. The number of nitrogens with two attached hydrogens (primary N) is 3. The van der Waals surface area contributed by atoms with Crippen molar-refractivity contribution < 1.29 is 24.2 Å². The Kier molecular flexibility index (Phi) is 17.9. The smallest absolute Gasteiger partial charge is 0.323 e. The second kappa shape index (κ2) is 19.1. The third-order valence-corrected chi connectivity index (χ3v) is 4.61. The lowest BCUT2D eigenvalue weighted by molar-refractivity contribution is -0.153. The van der Waals surface area contributed by atoms with Crippen LogP contribution >= 0.6 is 0 Å². The van der Waals surface area contributed by atoms with Gasteiger partial charge in [-0.05, 0) is 19.3 Å². The van der Waals surface area contributed by atoms with Crippen LogP contribution in [-0.2, 0) is 19.1 Å². The zero-order chi connectivity index (χ0) is 22.6. The Labute approximate surface area is 180 Å². The van der Waals surface area contributed by atoms with E-state index in [1.165, 1.54) is 38.5 Å². The molecule has 0 saturated carbocycles. The molecule has 0 radical (unpaired) electrons. The van der Waals surface area contributed by atoms with Gasteiger partial charge in [0.2, 0.25) is 0 Å². The van der Waals surface area contributed by atoms with Gasteiger partial charge in [0.1, 0.15) is 25.4 Å². The Balaban J connectivity index is 3.65. The van der Waals surface area contributed by atoms with Gasteiger partial charge in [-0.15, -0.1) is 0 Å². The summed E-state index contributed by atoms with van der Waals surface area (Å²) in [5.74, 6) is -0.985. The Hall–Kier alpha value is -1.87. The zero-order valence-electron chi connectivity index (χ0n) is 18.5. The molecule has 0 aromatic carbocycles. The first-order chi connectivity index (χ1) is 14.4. The molecular weight excluding hydrogens is 388 g/mol. The lowest BCUT2D eigenvalue weighted by Crippen LogP contribution is -2.35. The van der Waals surface area contributed by atoms with Gasteiger partial charge in [0.05, 0.1) is 0 Å². The van der Waals surface area contributed by atoms with Gasteiger partial charge < -0.3 is 31.8 Å². The summed E-state index contributed by atoms with van der Waals surface area (Å²) in [5.41, 5.74) is 16.1. The number of carbonyl (C=O) groups is 2. The first kappa shape index (κ1) is 28.1. The fraction of sp³-hybridized carbons (Fsp3) is 0.857. The van der Waals surface area contributed by atoms with Gasteiger partial charge in [-0.2, -0.15) is 0 Å². The van der Waals surface area contributed by atoms with Crippen LogP contribution < -0.4 is 17.2 Å². The molecular formula is C21H42N4O5. The fourth-order valence-electron chi connectivity index (χ4n) is 2.81. The maximum atomic E-state index is 11.8. The molecule has 0 spiro atoms. The Morgan fingerprint density at radius 2 is 1.47 bits per heavy atom. The minimum absolute atomic E-state index is 0.0124. The normalized spacial score (nSPS) is 12.8. The molecule has 0 amide bonds. The van der Waals surface area contributed by atoms with Crippen LogP contribution in [0.3, 0.4) is 0 Å². The van der Waals surface area contributed by atoms with Crippen LogP contribution in [0.5, 0.6) is 0 Å². The van der Waals surface area contributed by atoms with Crippen molar-refractivity contribution in [1.82, 2.24) is 0 Å². The summed E-state index contributed by atoms with van der Waals surface area (Å²) >= 11 is 0. The van der Waals surface area contributed by atoms with Crippen molar-refractivity contribution in [1.29, 1.82) is 0 Å². The Morgan fingerprint density at radius 3 is 2.07 bits per heavy atom. The van der Waals surface area contributed by atoms with Gasteiger partial charge in [0.25, 0.3) is 0 Å².